The van der Waals surface area contributed by atoms with Gasteiger partial charge in [0.1, 0.15) is 11.6 Å². The third-order valence-electron chi connectivity index (χ3n) is 3.62. The fraction of sp³-hybridized carbons (Fsp3) is 0.0526. The predicted octanol–water partition coefficient (Wildman–Crippen LogP) is 5.02. The van der Waals surface area contributed by atoms with E-state index < -0.39 is 17.5 Å². The van der Waals surface area contributed by atoms with Crippen molar-refractivity contribution in [2.24, 2.45) is 0 Å². The number of carbonyl (C=O) groups excluding carboxylic acids is 1. The molecule has 0 aliphatic rings. The lowest BCUT2D eigenvalue weighted by Crippen LogP contribution is -2.13. The SMILES string of the molecule is COc1ccc(Cl)cc1NC(=O)c1ccnc(Nc2ccc(F)c(F)c2)c1. The summed E-state index contributed by atoms with van der Waals surface area (Å²) in [5, 5.41) is 5.98. The second-order valence-corrected chi connectivity index (χ2v) is 5.92. The summed E-state index contributed by atoms with van der Waals surface area (Å²) >= 11 is 5.96. The van der Waals surface area contributed by atoms with Crippen molar-refractivity contribution in [3.8, 4) is 5.75 Å². The molecule has 138 valence electrons. The number of nitrogens with zero attached hydrogens (tertiary/aromatic N) is 1. The van der Waals surface area contributed by atoms with E-state index in [-0.39, 0.29) is 0 Å². The van der Waals surface area contributed by atoms with Gasteiger partial charge in [-0.3, -0.25) is 4.79 Å². The van der Waals surface area contributed by atoms with Crippen LogP contribution in [0.15, 0.2) is 54.7 Å². The van der Waals surface area contributed by atoms with Crippen LogP contribution in [-0.2, 0) is 0 Å². The molecule has 1 heterocycles. The zero-order valence-corrected chi connectivity index (χ0v) is 14.8. The molecular weight excluding hydrogens is 376 g/mol. The smallest absolute Gasteiger partial charge is 0.255 e. The maximum absolute atomic E-state index is 13.3. The molecule has 0 aliphatic carbocycles. The fourth-order valence-electron chi connectivity index (χ4n) is 2.33. The molecule has 0 radical (unpaired) electrons. The molecule has 8 heteroatoms. The van der Waals surface area contributed by atoms with Crippen LogP contribution in [-0.4, -0.2) is 18.0 Å². The first-order chi connectivity index (χ1) is 13.0. The molecule has 5 nitrogen and oxygen atoms in total. The molecule has 0 saturated heterocycles. The van der Waals surface area contributed by atoms with Crippen LogP contribution in [0.3, 0.4) is 0 Å². The number of pyridine rings is 1. The van der Waals surface area contributed by atoms with Crippen molar-refractivity contribution in [3.05, 3.63) is 76.9 Å². The Morgan fingerprint density at radius 3 is 2.63 bits per heavy atom. The van der Waals surface area contributed by atoms with Crippen molar-refractivity contribution in [1.29, 1.82) is 0 Å². The Morgan fingerprint density at radius 1 is 1.07 bits per heavy atom. The molecule has 0 spiro atoms. The quantitative estimate of drug-likeness (QED) is 0.643. The highest BCUT2D eigenvalue weighted by atomic mass is 35.5. The van der Waals surface area contributed by atoms with E-state index >= 15 is 0 Å². The number of hydrogen-bond acceptors (Lipinski definition) is 4. The van der Waals surface area contributed by atoms with Crippen LogP contribution in [0.2, 0.25) is 5.02 Å². The van der Waals surface area contributed by atoms with Gasteiger partial charge in [0.25, 0.3) is 5.91 Å². The van der Waals surface area contributed by atoms with Crippen molar-refractivity contribution in [3.63, 3.8) is 0 Å². The van der Waals surface area contributed by atoms with Crippen LogP contribution < -0.4 is 15.4 Å². The van der Waals surface area contributed by atoms with E-state index in [1.165, 1.54) is 31.5 Å². The maximum atomic E-state index is 13.3. The summed E-state index contributed by atoms with van der Waals surface area (Å²) in [5.41, 5.74) is 1.02. The van der Waals surface area contributed by atoms with Crippen LogP contribution in [0, 0.1) is 11.6 Å². The average molecular weight is 390 g/mol. The highest BCUT2D eigenvalue weighted by molar-refractivity contribution is 6.31. The van der Waals surface area contributed by atoms with Gasteiger partial charge in [-0.1, -0.05) is 11.6 Å². The number of rotatable bonds is 5. The molecule has 0 fully saturated rings. The van der Waals surface area contributed by atoms with Gasteiger partial charge < -0.3 is 15.4 Å². The number of carbonyl (C=O) groups is 1. The van der Waals surface area contributed by atoms with Crippen LogP contribution in [0.4, 0.5) is 26.0 Å². The lowest BCUT2D eigenvalue weighted by atomic mass is 10.2. The van der Waals surface area contributed by atoms with Crippen molar-refractivity contribution < 1.29 is 18.3 Å². The summed E-state index contributed by atoms with van der Waals surface area (Å²) in [5.74, 6) is -1.58. The zero-order chi connectivity index (χ0) is 19.4. The summed E-state index contributed by atoms with van der Waals surface area (Å²) in [6.07, 6.45) is 1.42. The molecule has 0 bridgehead atoms. The standard InChI is InChI=1S/C19H14ClF2N3O2/c1-27-17-5-2-12(20)9-16(17)25-19(26)11-6-7-23-18(8-11)24-13-3-4-14(21)15(22)10-13/h2-10H,1H3,(H,23,24)(H,25,26). The second kappa shape index (κ2) is 8.01. The van der Waals surface area contributed by atoms with Gasteiger partial charge in [-0.2, -0.15) is 0 Å². The van der Waals surface area contributed by atoms with E-state index in [0.29, 0.717) is 33.5 Å². The lowest BCUT2D eigenvalue weighted by molar-refractivity contribution is 0.102. The third-order valence-corrected chi connectivity index (χ3v) is 3.86. The minimum absolute atomic E-state index is 0.298. The molecule has 0 aliphatic heterocycles. The van der Waals surface area contributed by atoms with E-state index in [0.717, 1.165) is 12.1 Å². The minimum Gasteiger partial charge on any atom is -0.495 e. The van der Waals surface area contributed by atoms with Gasteiger partial charge in [0.05, 0.1) is 12.8 Å². The van der Waals surface area contributed by atoms with Gasteiger partial charge in [-0.05, 0) is 42.5 Å². The Bertz CT molecular complexity index is 998. The normalized spacial score (nSPS) is 10.4. The Hall–Kier alpha value is -3.19. The topological polar surface area (TPSA) is 63.2 Å². The summed E-state index contributed by atoms with van der Waals surface area (Å²) in [4.78, 5) is 16.6. The molecule has 27 heavy (non-hydrogen) atoms. The molecule has 3 rings (SSSR count). The van der Waals surface area contributed by atoms with Gasteiger partial charge in [0, 0.05) is 28.5 Å². The van der Waals surface area contributed by atoms with E-state index in [1.807, 2.05) is 0 Å². The first-order valence-electron chi connectivity index (χ1n) is 7.79. The van der Waals surface area contributed by atoms with Crippen LogP contribution in [0.1, 0.15) is 10.4 Å². The average Bonchev–Trinajstić information content (AvgIpc) is 2.65. The molecule has 0 saturated carbocycles. The van der Waals surface area contributed by atoms with Crippen LogP contribution >= 0.6 is 11.6 Å². The van der Waals surface area contributed by atoms with E-state index in [4.69, 9.17) is 16.3 Å². The summed E-state index contributed by atoms with van der Waals surface area (Å²) < 4.78 is 31.5. The third kappa shape index (κ3) is 4.51. The van der Waals surface area contributed by atoms with Gasteiger partial charge in [0.2, 0.25) is 0 Å². The maximum Gasteiger partial charge on any atom is 0.255 e. The number of halogens is 3. The zero-order valence-electron chi connectivity index (χ0n) is 14.1. The Kier molecular flexibility index (Phi) is 5.52. The van der Waals surface area contributed by atoms with Crippen molar-refractivity contribution >= 4 is 34.7 Å². The number of amides is 1. The largest absolute Gasteiger partial charge is 0.495 e. The number of anilines is 3. The van der Waals surface area contributed by atoms with Crippen molar-refractivity contribution in [2.75, 3.05) is 17.7 Å². The van der Waals surface area contributed by atoms with Gasteiger partial charge in [-0.25, -0.2) is 13.8 Å². The number of aromatic nitrogens is 1. The van der Waals surface area contributed by atoms with Crippen LogP contribution in [0.25, 0.3) is 0 Å². The first kappa shape index (κ1) is 18.6. The monoisotopic (exact) mass is 389 g/mol. The van der Waals surface area contributed by atoms with Gasteiger partial charge >= 0.3 is 0 Å². The van der Waals surface area contributed by atoms with Gasteiger partial charge in [-0.15, -0.1) is 0 Å². The molecule has 3 aromatic rings. The molecule has 0 atom stereocenters. The summed E-state index contributed by atoms with van der Waals surface area (Å²) in [6.45, 7) is 0. The molecule has 2 N–H and O–H groups in total. The number of nitrogens with one attached hydrogen (secondary N) is 2. The van der Waals surface area contributed by atoms with E-state index in [1.54, 1.807) is 18.2 Å². The number of hydrogen-bond donors (Lipinski definition) is 2. The highest BCUT2D eigenvalue weighted by Gasteiger charge is 2.12. The predicted molar refractivity (Wildman–Crippen MR) is 99.8 cm³/mol. The Balaban J connectivity index is 1.79. The summed E-state index contributed by atoms with van der Waals surface area (Å²) in [7, 11) is 1.48. The molecule has 1 amide bonds. The van der Waals surface area contributed by atoms with Crippen LogP contribution in [0.5, 0.6) is 5.75 Å². The van der Waals surface area contributed by atoms with E-state index in [2.05, 4.69) is 15.6 Å². The molecule has 0 unspecified atom stereocenters. The molecular formula is C19H14ClF2N3O2. The Morgan fingerprint density at radius 2 is 1.89 bits per heavy atom. The number of methoxy groups -OCH3 is 1. The first-order valence-corrected chi connectivity index (χ1v) is 8.17. The molecule has 1 aromatic heterocycles. The number of ether oxygens (including phenoxy) is 1. The second-order valence-electron chi connectivity index (χ2n) is 5.48. The highest BCUT2D eigenvalue weighted by Crippen LogP contribution is 2.28. The van der Waals surface area contributed by atoms with Crippen molar-refractivity contribution in [1.82, 2.24) is 4.98 Å². The minimum atomic E-state index is -0.984. The van der Waals surface area contributed by atoms with Crippen molar-refractivity contribution in [2.45, 2.75) is 0 Å². The number of benzene rings is 2. The Labute approximate surface area is 159 Å². The van der Waals surface area contributed by atoms with E-state index in [9.17, 15) is 13.6 Å². The molecule has 2 aromatic carbocycles. The van der Waals surface area contributed by atoms with Gasteiger partial charge in [0.15, 0.2) is 11.6 Å². The fourth-order valence-corrected chi connectivity index (χ4v) is 2.51. The lowest BCUT2D eigenvalue weighted by Gasteiger charge is -2.11. The summed E-state index contributed by atoms with van der Waals surface area (Å²) in [6, 6.07) is 11.2.